The number of likely N-dealkylation sites (tertiary alicyclic amines) is 1. The Bertz CT molecular complexity index is 445. The van der Waals surface area contributed by atoms with Gasteiger partial charge in [0.1, 0.15) is 0 Å². The van der Waals surface area contributed by atoms with Crippen LogP contribution in [0.3, 0.4) is 0 Å². The fraction of sp³-hybridized carbons (Fsp3) is 0.611. The van der Waals surface area contributed by atoms with Crippen LogP contribution in [-0.4, -0.2) is 37.0 Å². The Hall–Kier alpha value is -1.35. The van der Waals surface area contributed by atoms with Crippen LogP contribution in [0.15, 0.2) is 24.3 Å². The summed E-state index contributed by atoms with van der Waals surface area (Å²) in [7, 11) is 2.00. The SMILES string of the molecule is CNC1CCN(C(=O)CCc2ccc(C(C)C)cc2)CC1. The van der Waals surface area contributed by atoms with E-state index in [0.29, 0.717) is 24.3 Å². The molecule has 1 amide bonds. The molecule has 3 heteroatoms. The molecule has 0 saturated carbocycles. The molecule has 0 aliphatic carbocycles. The highest BCUT2D eigenvalue weighted by atomic mass is 16.2. The van der Waals surface area contributed by atoms with E-state index in [1.165, 1.54) is 11.1 Å². The van der Waals surface area contributed by atoms with Crippen LogP contribution in [0.4, 0.5) is 0 Å². The fourth-order valence-corrected chi connectivity index (χ4v) is 2.90. The largest absolute Gasteiger partial charge is 0.343 e. The molecule has 3 nitrogen and oxygen atoms in total. The predicted octanol–water partition coefficient (Wildman–Crippen LogP) is 2.95. The lowest BCUT2D eigenvalue weighted by Crippen LogP contribution is -2.44. The lowest BCUT2D eigenvalue weighted by Gasteiger charge is -2.31. The van der Waals surface area contributed by atoms with Gasteiger partial charge >= 0.3 is 0 Å². The molecular formula is C18H28N2O. The maximum atomic E-state index is 12.2. The molecule has 21 heavy (non-hydrogen) atoms. The first-order valence-electron chi connectivity index (χ1n) is 8.14. The van der Waals surface area contributed by atoms with E-state index in [-0.39, 0.29) is 0 Å². The van der Waals surface area contributed by atoms with Gasteiger partial charge in [-0.3, -0.25) is 4.79 Å². The van der Waals surface area contributed by atoms with Gasteiger partial charge in [0, 0.05) is 25.6 Å². The molecule has 1 aromatic carbocycles. The minimum atomic E-state index is 0.303. The number of benzene rings is 1. The van der Waals surface area contributed by atoms with Gasteiger partial charge in [0.2, 0.25) is 5.91 Å². The number of nitrogens with one attached hydrogen (secondary N) is 1. The number of nitrogens with zero attached hydrogens (tertiary/aromatic N) is 1. The summed E-state index contributed by atoms with van der Waals surface area (Å²) in [6.45, 7) is 6.20. The van der Waals surface area contributed by atoms with Gasteiger partial charge in [-0.05, 0) is 43.4 Å². The monoisotopic (exact) mass is 288 g/mol. The van der Waals surface area contributed by atoms with Crippen LogP contribution >= 0.6 is 0 Å². The average Bonchev–Trinajstić information content (AvgIpc) is 2.53. The third kappa shape index (κ3) is 4.57. The summed E-state index contributed by atoms with van der Waals surface area (Å²) in [5.41, 5.74) is 2.62. The van der Waals surface area contributed by atoms with E-state index in [2.05, 4.69) is 43.4 Å². The minimum absolute atomic E-state index is 0.303. The molecule has 1 aliphatic rings. The van der Waals surface area contributed by atoms with Crippen LogP contribution in [0.25, 0.3) is 0 Å². The Morgan fingerprint density at radius 2 is 1.86 bits per heavy atom. The maximum Gasteiger partial charge on any atom is 0.222 e. The highest BCUT2D eigenvalue weighted by Gasteiger charge is 2.21. The number of hydrogen-bond donors (Lipinski definition) is 1. The van der Waals surface area contributed by atoms with Crippen molar-refractivity contribution in [2.45, 2.75) is 51.5 Å². The summed E-state index contributed by atoms with van der Waals surface area (Å²) < 4.78 is 0. The molecule has 0 atom stereocenters. The van der Waals surface area contributed by atoms with Crippen molar-refractivity contribution in [3.8, 4) is 0 Å². The summed E-state index contributed by atoms with van der Waals surface area (Å²) in [4.78, 5) is 14.3. The van der Waals surface area contributed by atoms with Crippen LogP contribution in [0.2, 0.25) is 0 Å². The van der Waals surface area contributed by atoms with E-state index in [9.17, 15) is 4.79 Å². The zero-order valence-corrected chi connectivity index (χ0v) is 13.6. The average molecular weight is 288 g/mol. The zero-order chi connectivity index (χ0) is 15.2. The molecule has 1 aromatic rings. The Kier molecular flexibility index (Phi) is 5.80. The molecule has 0 spiro atoms. The first-order chi connectivity index (χ1) is 10.1. The lowest BCUT2D eigenvalue weighted by molar-refractivity contribution is -0.132. The van der Waals surface area contributed by atoms with Crippen LogP contribution in [-0.2, 0) is 11.2 Å². The summed E-state index contributed by atoms with van der Waals surface area (Å²) in [5.74, 6) is 0.867. The third-order valence-electron chi connectivity index (χ3n) is 4.53. The first kappa shape index (κ1) is 16.0. The molecule has 1 aliphatic heterocycles. The topological polar surface area (TPSA) is 32.3 Å². The Labute approximate surface area is 128 Å². The number of carbonyl (C=O) groups is 1. The Morgan fingerprint density at radius 3 is 2.38 bits per heavy atom. The van der Waals surface area contributed by atoms with Crippen molar-refractivity contribution in [3.05, 3.63) is 35.4 Å². The molecule has 1 fully saturated rings. The van der Waals surface area contributed by atoms with Crippen molar-refractivity contribution >= 4 is 5.91 Å². The number of piperidine rings is 1. The lowest BCUT2D eigenvalue weighted by atomic mass is 10.00. The van der Waals surface area contributed by atoms with E-state index < -0.39 is 0 Å². The summed E-state index contributed by atoms with van der Waals surface area (Å²) in [6, 6.07) is 9.27. The second kappa shape index (κ2) is 7.60. The standard InChI is InChI=1S/C18H28N2O/c1-14(2)16-7-4-15(5-8-16)6-9-18(21)20-12-10-17(19-3)11-13-20/h4-5,7-8,14,17,19H,6,9-13H2,1-3H3. The number of aryl methyl sites for hydroxylation is 1. The number of carbonyl (C=O) groups excluding carboxylic acids is 1. The third-order valence-corrected chi connectivity index (χ3v) is 4.53. The van der Waals surface area contributed by atoms with Gasteiger partial charge < -0.3 is 10.2 Å². The summed E-state index contributed by atoms with van der Waals surface area (Å²) in [5, 5.41) is 3.30. The molecule has 116 valence electrons. The minimum Gasteiger partial charge on any atom is -0.343 e. The second-order valence-corrected chi connectivity index (χ2v) is 6.34. The molecule has 0 unspecified atom stereocenters. The maximum absolute atomic E-state index is 12.2. The van der Waals surface area contributed by atoms with Gasteiger partial charge in [-0.25, -0.2) is 0 Å². The number of rotatable bonds is 5. The van der Waals surface area contributed by atoms with Gasteiger partial charge in [-0.15, -0.1) is 0 Å². The van der Waals surface area contributed by atoms with E-state index in [1.54, 1.807) is 0 Å². The van der Waals surface area contributed by atoms with Crippen LogP contribution < -0.4 is 5.32 Å². The quantitative estimate of drug-likeness (QED) is 0.903. The normalized spacial score (nSPS) is 16.5. The van der Waals surface area contributed by atoms with Gasteiger partial charge in [-0.1, -0.05) is 38.1 Å². The molecule has 0 aromatic heterocycles. The molecule has 1 N–H and O–H groups in total. The first-order valence-corrected chi connectivity index (χ1v) is 8.14. The van der Waals surface area contributed by atoms with E-state index >= 15 is 0 Å². The smallest absolute Gasteiger partial charge is 0.222 e. The number of hydrogen-bond acceptors (Lipinski definition) is 2. The van der Waals surface area contributed by atoms with Crippen molar-refractivity contribution < 1.29 is 4.79 Å². The molecule has 0 bridgehead atoms. The van der Waals surface area contributed by atoms with Crippen molar-refractivity contribution in [1.29, 1.82) is 0 Å². The highest BCUT2D eigenvalue weighted by molar-refractivity contribution is 5.76. The van der Waals surface area contributed by atoms with Crippen molar-refractivity contribution in [2.24, 2.45) is 0 Å². The number of amides is 1. The fourth-order valence-electron chi connectivity index (χ4n) is 2.90. The van der Waals surface area contributed by atoms with Gasteiger partial charge in [-0.2, -0.15) is 0 Å². The molecule has 2 rings (SSSR count). The molecular weight excluding hydrogens is 260 g/mol. The van der Waals surface area contributed by atoms with Crippen molar-refractivity contribution in [1.82, 2.24) is 10.2 Å². The summed E-state index contributed by atoms with van der Waals surface area (Å²) in [6.07, 6.45) is 3.63. The van der Waals surface area contributed by atoms with Crippen LogP contribution in [0, 0.1) is 0 Å². The van der Waals surface area contributed by atoms with Crippen molar-refractivity contribution in [3.63, 3.8) is 0 Å². The molecule has 1 saturated heterocycles. The van der Waals surface area contributed by atoms with Crippen molar-refractivity contribution in [2.75, 3.05) is 20.1 Å². The summed E-state index contributed by atoms with van der Waals surface area (Å²) >= 11 is 0. The zero-order valence-electron chi connectivity index (χ0n) is 13.6. The molecule has 0 radical (unpaired) electrons. The van der Waals surface area contributed by atoms with Gasteiger partial charge in [0.25, 0.3) is 0 Å². The molecule has 1 heterocycles. The van der Waals surface area contributed by atoms with E-state index in [4.69, 9.17) is 0 Å². The predicted molar refractivity (Wildman–Crippen MR) is 87.5 cm³/mol. The Balaban J connectivity index is 1.78. The highest BCUT2D eigenvalue weighted by Crippen LogP contribution is 2.16. The van der Waals surface area contributed by atoms with Crippen LogP contribution in [0.5, 0.6) is 0 Å². The van der Waals surface area contributed by atoms with Gasteiger partial charge in [0.15, 0.2) is 0 Å². The second-order valence-electron chi connectivity index (χ2n) is 6.34. The van der Waals surface area contributed by atoms with Crippen LogP contribution in [0.1, 0.15) is 50.2 Å². The van der Waals surface area contributed by atoms with E-state index in [1.807, 2.05) is 11.9 Å². The van der Waals surface area contributed by atoms with Gasteiger partial charge in [0.05, 0.1) is 0 Å². The Morgan fingerprint density at radius 1 is 1.24 bits per heavy atom. The van der Waals surface area contributed by atoms with E-state index in [0.717, 1.165) is 32.4 Å².